The number of nitrogens with one attached hydrogen (secondary N) is 1. The number of hydrogen-bond donors (Lipinski definition) is 1. The first-order valence-electron chi connectivity index (χ1n) is 6.51. The third-order valence-corrected chi connectivity index (χ3v) is 3.89. The summed E-state index contributed by atoms with van der Waals surface area (Å²) in [6, 6.07) is 0.224. The van der Waals surface area contributed by atoms with Crippen molar-refractivity contribution in [1.29, 1.82) is 0 Å². The molecule has 0 aromatic heterocycles. The molecule has 2 unspecified atom stereocenters. The van der Waals surface area contributed by atoms with Gasteiger partial charge in [-0.3, -0.25) is 9.80 Å². The summed E-state index contributed by atoms with van der Waals surface area (Å²) in [5.74, 6) is 0.698. The highest BCUT2D eigenvalue weighted by Gasteiger charge is 2.41. The Balaban J connectivity index is 2.27. The van der Waals surface area contributed by atoms with Crippen molar-refractivity contribution < 1.29 is 4.79 Å². The first kappa shape index (κ1) is 12.4. The predicted octanol–water partition coefficient (Wildman–Crippen LogP) is 1.36. The molecule has 0 radical (unpaired) electrons. The zero-order valence-corrected chi connectivity index (χ0v) is 11.1. The van der Waals surface area contributed by atoms with Crippen LogP contribution in [0.25, 0.3) is 0 Å². The van der Waals surface area contributed by atoms with E-state index in [4.69, 9.17) is 0 Å². The minimum atomic E-state index is -0.0990. The summed E-state index contributed by atoms with van der Waals surface area (Å²) in [6.07, 6.45) is 2.98. The number of carbonyl (C=O) groups is 1. The molecule has 2 heterocycles. The summed E-state index contributed by atoms with van der Waals surface area (Å²) in [6.45, 7) is 9.43. The van der Waals surface area contributed by atoms with Crippen LogP contribution in [0.4, 0.5) is 0 Å². The van der Waals surface area contributed by atoms with Gasteiger partial charge < -0.3 is 5.32 Å². The molecular formula is C13H23N3O. The minimum absolute atomic E-state index is 0.0990. The van der Waals surface area contributed by atoms with Crippen molar-refractivity contribution in [2.24, 2.45) is 5.92 Å². The molecule has 0 spiro atoms. The summed E-state index contributed by atoms with van der Waals surface area (Å²) in [7, 11) is 1.85. The Labute approximate surface area is 104 Å². The molecule has 0 aromatic carbocycles. The van der Waals surface area contributed by atoms with E-state index in [2.05, 4.69) is 30.8 Å². The Bertz CT molecular complexity index is 327. The van der Waals surface area contributed by atoms with Gasteiger partial charge in [0.05, 0.1) is 12.1 Å². The van der Waals surface area contributed by atoms with Crippen LogP contribution in [0.5, 0.6) is 0 Å². The molecule has 1 N–H and O–H groups in total. The lowest BCUT2D eigenvalue weighted by atomic mass is 9.93. The molecule has 2 fully saturated rings. The van der Waals surface area contributed by atoms with Gasteiger partial charge in [-0.15, -0.1) is 0 Å². The molecule has 1 amide bonds. The third-order valence-electron chi connectivity index (χ3n) is 3.89. The van der Waals surface area contributed by atoms with E-state index in [9.17, 15) is 4.79 Å². The maximum atomic E-state index is 12.4. The topological polar surface area (TPSA) is 35.6 Å². The second-order valence-electron chi connectivity index (χ2n) is 5.37. The molecule has 2 atom stereocenters. The van der Waals surface area contributed by atoms with Crippen LogP contribution in [0, 0.1) is 5.92 Å². The monoisotopic (exact) mass is 237 g/mol. The fraction of sp³-hybridized carbons (Fsp3) is 0.769. The van der Waals surface area contributed by atoms with Gasteiger partial charge in [-0.2, -0.15) is 0 Å². The van der Waals surface area contributed by atoms with E-state index >= 15 is 0 Å². The van der Waals surface area contributed by atoms with E-state index in [1.54, 1.807) is 0 Å². The van der Waals surface area contributed by atoms with E-state index in [1.807, 2.05) is 12.1 Å². The quantitative estimate of drug-likeness (QED) is 0.787. The highest BCUT2D eigenvalue weighted by Crippen LogP contribution is 2.32. The molecule has 2 aliphatic rings. The molecule has 0 bridgehead atoms. The van der Waals surface area contributed by atoms with Gasteiger partial charge in [-0.05, 0) is 25.8 Å². The number of carbonyl (C=O) groups excluding carboxylic acids is 1. The fourth-order valence-electron chi connectivity index (χ4n) is 2.88. The van der Waals surface area contributed by atoms with E-state index in [-0.39, 0.29) is 11.9 Å². The van der Waals surface area contributed by atoms with Crippen molar-refractivity contribution in [3.05, 3.63) is 12.3 Å². The van der Waals surface area contributed by atoms with Crippen molar-refractivity contribution in [3.8, 4) is 0 Å². The molecule has 4 heteroatoms. The summed E-state index contributed by atoms with van der Waals surface area (Å²) < 4.78 is 0. The van der Waals surface area contributed by atoms with Crippen LogP contribution in [0.15, 0.2) is 12.3 Å². The lowest BCUT2D eigenvalue weighted by Crippen LogP contribution is -2.64. The van der Waals surface area contributed by atoms with Crippen LogP contribution in [0.2, 0.25) is 0 Å². The molecule has 4 nitrogen and oxygen atoms in total. The normalized spacial score (nSPS) is 29.9. The van der Waals surface area contributed by atoms with Crippen LogP contribution < -0.4 is 5.32 Å². The lowest BCUT2D eigenvalue weighted by molar-refractivity contribution is -0.168. The van der Waals surface area contributed by atoms with Gasteiger partial charge in [0, 0.05) is 18.7 Å². The second kappa shape index (κ2) is 4.69. The van der Waals surface area contributed by atoms with E-state index in [0.717, 1.165) is 31.5 Å². The van der Waals surface area contributed by atoms with Gasteiger partial charge in [0.25, 0.3) is 5.91 Å². The van der Waals surface area contributed by atoms with Gasteiger partial charge in [0.2, 0.25) is 0 Å². The van der Waals surface area contributed by atoms with Crippen molar-refractivity contribution in [2.75, 3.05) is 13.6 Å². The van der Waals surface area contributed by atoms with Gasteiger partial charge in [-0.1, -0.05) is 20.4 Å². The number of likely N-dealkylation sites (N-methyl/N-ethyl adjacent to an activating group) is 1. The van der Waals surface area contributed by atoms with Gasteiger partial charge in [0.15, 0.2) is 0 Å². The number of rotatable bonds is 2. The van der Waals surface area contributed by atoms with E-state index in [1.165, 1.54) is 0 Å². The van der Waals surface area contributed by atoms with Gasteiger partial charge in [0.1, 0.15) is 0 Å². The Morgan fingerprint density at radius 1 is 1.47 bits per heavy atom. The van der Waals surface area contributed by atoms with Crippen molar-refractivity contribution >= 4 is 5.91 Å². The number of hydrogen-bond acceptors (Lipinski definition) is 3. The fourth-order valence-corrected chi connectivity index (χ4v) is 2.88. The van der Waals surface area contributed by atoms with Crippen LogP contribution in [0.1, 0.15) is 33.1 Å². The first-order valence-corrected chi connectivity index (χ1v) is 6.51. The average Bonchev–Trinajstić information content (AvgIpc) is 2.32. The Hall–Kier alpha value is -1.03. The molecule has 2 saturated heterocycles. The number of hydrazine groups is 1. The molecule has 0 aromatic rings. The van der Waals surface area contributed by atoms with Crippen LogP contribution in [-0.4, -0.2) is 41.6 Å². The SMILES string of the molecule is C=C1CC(NC)C(=O)N2C(C(C)C)CCCN12. The summed E-state index contributed by atoms with van der Waals surface area (Å²) >= 11 is 0. The highest BCUT2D eigenvalue weighted by atomic mass is 16.2. The summed E-state index contributed by atoms with van der Waals surface area (Å²) in [5.41, 5.74) is 1.06. The van der Waals surface area contributed by atoms with Crippen LogP contribution >= 0.6 is 0 Å². The smallest absolute Gasteiger partial charge is 0.258 e. The minimum Gasteiger partial charge on any atom is -0.309 e. The molecule has 0 aliphatic carbocycles. The zero-order valence-electron chi connectivity index (χ0n) is 11.1. The first-order chi connectivity index (χ1) is 8.06. The number of nitrogens with zero attached hydrogens (tertiary/aromatic N) is 2. The Morgan fingerprint density at radius 2 is 2.18 bits per heavy atom. The third kappa shape index (κ3) is 2.06. The Morgan fingerprint density at radius 3 is 2.76 bits per heavy atom. The molecule has 2 aliphatic heterocycles. The highest BCUT2D eigenvalue weighted by molar-refractivity contribution is 5.83. The molecule has 96 valence electrons. The summed E-state index contributed by atoms with van der Waals surface area (Å²) in [5, 5.41) is 7.16. The Kier molecular flexibility index (Phi) is 3.43. The standard InChI is InChI=1S/C13H23N3O/c1-9(2)12-6-5-7-15-10(3)8-11(14-4)13(17)16(12)15/h9,11-12,14H,3,5-8H2,1-2,4H3. The lowest BCUT2D eigenvalue weighted by Gasteiger charge is -2.51. The van der Waals surface area contributed by atoms with Crippen molar-refractivity contribution in [1.82, 2.24) is 15.3 Å². The van der Waals surface area contributed by atoms with Gasteiger partial charge >= 0.3 is 0 Å². The van der Waals surface area contributed by atoms with Crippen LogP contribution in [-0.2, 0) is 4.79 Å². The molecule has 0 saturated carbocycles. The maximum absolute atomic E-state index is 12.4. The van der Waals surface area contributed by atoms with Crippen molar-refractivity contribution in [2.45, 2.75) is 45.2 Å². The molecular weight excluding hydrogens is 214 g/mol. The zero-order chi connectivity index (χ0) is 12.6. The van der Waals surface area contributed by atoms with Gasteiger partial charge in [-0.25, -0.2) is 5.01 Å². The molecule has 2 rings (SSSR count). The van der Waals surface area contributed by atoms with Crippen molar-refractivity contribution in [3.63, 3.8) is 0 Å². The second-order valence-corrected chi connectivity index (χ2v) is 5.37. The molecule has 17 heavy (non-hydrogen) atoms. The number of amides is 1. The maximum Gasteiger partial charge on any atom is 0.258 e. The summed E-state index contributed by atoms with van der Waals surface area (Å²) in [4.78, 5) is 12.4. The average molecular weight is 237 g/mol. The largest absolute Gasteiger partial charge is 0.309 e. The van der Waals surface area contributed by atoms with E-state index < -0.39 is 0 Å². The number of fused-ring (bicyclic) bond motifs is 1. The van der Waals surface area contributed by atoms with Crippen LogP contribution in [0.3, 0.4) is 0 Å². The van der Waals surface area contributed by atoms with E-state index in [0.29, 0.717) is 12.0 Å². The predicted molar refractivity (Wildman–Crippen MR) is 68.0 cm³/mol.